The SMILES string of the molecule is CCC(C)(C=O)CN1CCC2(CCCC2)CC1. The molecule has 2 heteroatoms. The smallest absolute Gasteiger partial charge is 0.127 e. The Hall–Kier alpha value is -0.370. The van der Waals surface area contributed by atoms with Crippen LogP contribution in [0, 0.1) is 10.8 Å². The maximum absolute atomic E-state index is 11.2. The monoisotopic (exact) mass is 237 g/mol. The van der Waals surface area contributed by atoms with Gasteiger partial charge in [0.2, 0.25) is 0 Å². The van der Waals surface area contributed by atoms with Crippen molar-refractivity contribution in [3.05, 3.63) is 0 Å². The topological polar surface area (TPSA) is 20.3 Å². The van der Waals surface area contributed by atoms with Crippen LogP contribution >= 0.6 is 0 Å². The first-order valence-corrected chi connectivity index (χ1v) is 7.30. The number of piperidine rings is 1. The number of hydrogen-bond acceptors (Lipinski definition) is 2. The zero-order chi connectivity index (χ0) is 12.4. The molecule has 1 saturated heterocycles. The molecular formula is C15H27NO. The zero-order valence-corrected chi connectivity index (χ0v) is 11.5. The molecule has 1 aliphatic carbocycles. The summed E-state index contributed by atoms with van der Waals surface area (Å²) >= 11 is 0. The molecule has 1 unspecified atom stereocenters. The normalized spacial score (nSPS) is 28.1. The number of aldehydes is 1. The fraction of sp³-hybridized carbons (Fsp3) is 0.933. The molecule has 1 atom stereocenters. The maximum Gasteiger partial charge on any atom is 0.127 e. The standard InChI is InChI=1S/C15H27NO/c1-3-14(2,13-17)12-16-10-8-15(9-11-16)6-4-5-7-15/h13H,3-12H2,1-2H3. The van der Waals surface area contributed by atoms with Crippen molar-refractivity contribution >= 4 is 6.29 Å². The summed E-state index contributed by atoms with van der Waals surface area (Å²) in [7, 11) is 0. The highest BCUT2D eigenvalue weighted by molar-refractivity contribution is 5.58. The van der Waals surface area contributed by atoms with E-state index in [1.807, 2.05) is 0 Å². The minimum atomic E-state index is -0.125. The molecule has 98 valence electrons. The average molecular weight is 237 g/mol. The average Bonchev–Trinajstić information content (AvgIpc) is 2.81. The molecule has 1 heterocycles. The number of hydrogen-bond donors (Lipinski definition) is 0. The van der Waals surface area contributed by atoms with Gasteiger partial charge < -0.3 is 9.69 Å². The third-order valence-electron chi connectivity index (χ3n) is 5.26. The summed E-state index contributed by atoms with van der Waals surface area (Å²) in [5.74, 6) is 0. The van der Waals surface area contributed by atoms with Crippen molar-refractivity contribution in [2.24, 2.45) is 10.8 Å². The molecule has 17 heavy (non-hydrogen) atoms. The van der Waals surface area contributed by atoms with Gasteiger partial charge >= 0.3 is 0 Å². The van der Waals surface area contributed by atoms with E-state index in [0.717, 1.165) is 19.3 Å². The van der Waals surface area contributed by atoms with E-state index in [4.69, 9.17) is 0 Å². The highest BCUT2D eigenvalue weighted by Crippen LogP contribution is 2.46. The Morgan fingerprint density at radius 2 is 1.76 bits per heavy atom. The van der Waals surface area contributed by atoms with E-state index in [0.29, 0.717) is 5.41 Å². The van der Waals surface area contributed by atoms with Crippen LogP contribution in [-0.4, -0.2) is 30.8 Å². The first-order valence-electron chi connectivity index (χ1n) is 7.30. The van der Waals surface area contributed by atoms with Crippen LogP contribution in [0.3, 0.4) is 0 Å². The molecule has 1 aliphatic heterocycles. The zero-order valence-electron chi connectivity index (χ0n) is 11.5. The van der Waals surface area contributed by atoms with Gasteiger partial charge in [0.1, 0.15) is 6.29 Å². The van der Waals surface area contributed by atoms with Gasteiger partial charge in [-0.05, 0) is 50.6 Å². The minimum absolute atomic E-state index is 0.125. The van der Waals surface area contributed by atoms with Crippen LogP contribution in [0.4, 0.5) is 0 Å². The molecule has 0 aromatic rings. The molecule has 2 nitrogen and oxygen atoms in total. The lowest BCUT2D eigenvalue weighted by atomic mass is 9.76. The van der Waals surface area contributed by atoms with Crippen molar-refractivity contribution in [2.45, 2.75) is 58.8 Å². The highest BCUT2D eigenvalue weighted by Gasteiger charge is 2.38. The third kappa shape index (κ3) is 2.90. The van der Waals surface area contributed by atoms with Crippen LogP contribution in [0.25, 0.3) is 0 Å². The van der Waals surface area contributed by atoms with Crippen molar-refractivity contribution in [2.75, 3.05) is 19.6 Å². The lowest BCUT2D eigenvalue weighted by molar-refractivity contribution is -0.117. The molecule has 0 aromatic heterocycles. The molecule has 2 aliphatic rings. The quantitative estimate of drug-likeness (QED) is 0.700. The Labute approximate surface area is 106 Å². The van der Waals surface area contributed by atoms with E-state index in [1.54, 1.807) is 0 Å². The largest absolute Gasteiger partial charge is 0.303 e. The molecule has 2 fully saturated rings. The first kappa shape index (κ1) is 13.1. The van der Waals surface area contributed by atoms with E-state index in [-0.39, 0.29) is 5.41 Å². The fourth-order valence-electron chi connectivity index (χ4n) is 3.55. The predicted octanol–water partition coefficient (Wildman–Crippen LogP) is 3.26. The van der Waals surface area contributed by atoms with Gasteiger partial charge in [0.25, 0.3) is 0 Å². The van der Waals surface area contributed by atoms with Gasteiger partial charge in [-0.15, -0.1) is 0 Å². The summed E-state index contributed by atoms with van der Waals surface area (Å²) in [6, 6.07) is 0. The Morgan fingerprint density at radius 3 is 2.24 bits per heavy atom. The van der Waals surface area contributed by atoms with Gasteiger partial charge in [0, 0.05) is 12.0 Å². The van der Waals surface area contributed by atoms with Crippen LogP contribution < -0.4 is 0 Å². The van der Waals surface area contributed by atoms with Gasteiger partial charge in [-0.1, -0.05) is 26.7 Å². The number of likely N-dealkylation sites (tertiary alicyclic amines) is 1. The summed E-state index contributed by atoms with van der Waals surface area (Å²) in [6.45, 7) is 7.60. The molecule has 0 bridgehead atoms. The van der Waals surface area contributed by atoms with Crippen molar-refractivity contribution in [1.82, 2.24) is 4.90 Å². The van der Waals surface area contributed by atoms with Crippen LogP contribution in [0.5, 0.6) is 0 Å². The van der Waals surface area contributed by atoms with E-state index >= 15 is 0 Å². The second kappa shape index (κ2) is 5.09. The molecule has 2 rings (SSSR count). The number of carbonyl (C=O) groups is 1. The number of nitrogens with zero attached hydrogens (tertiary/aromatic N) is 1. The lowest BCUT2D eigenvalue weighted by Gasteiger charge is -2.41. The van der Waals surface area contributed by atoms with Gasteiger partial charge in [0.15, 0.2) is 0 Å². The maximum atomic E-state index is 11.2. The van der Waals surface area contributed by atoms with Crippen molar-refractivity contribution < 1.29 is 4.79 Å². The highest BCUT2D eigenvalue weighted by atomic mass is 16.1. The predicted molar refractivity (Wildman–Crippen MR) is 71.0 cm³/mol. The van der Waals surface area contributed by atoms with Crippen LogP contribution in [0.2, 0.25) is 0 Å². The molecule has 1 saturated carbocycles. The van der Waals surface area contributed by atoms with Gasteiger partial charge in [-0.25, -0.2) is 0 Å². The fourth-order valence-corrected chi connectivity index (χ4v) is 3.55. The summed E-state index contributed by atoms with van der Waals surface area (Å²) in [5.41, 5.74) is 0.570. The molecule has 0 radical (unpaired) electrons. The van der Waals surface area contributed by atoms with Gasteiger partial charge in [-0.2, -0.15) is 0 Å². The van der Waals surface area contributed by atoms with Crippen molar-refractivity contribution in [3.8, 4) is 0 Å². The molecule has 1 spiro atoms. The minimum Gasteiger partial charge on any atom is -0.303 e. The second-order valence-electron chi connectivity index (χ2n) is 6.61. The summed E-state index contributed by atoms with van der Waals surface area (Å²) in [5, 5.41) is 0. The van der Waals surface area contributed by atoms with Crippen molar-refractivity contribution in [1.29, 1.82) is 0 Å². The van der Waals surface area contributed by atoms with Gasteiger partial charge in [-0.3, -0.25) is 0 Å². The van der Waals surface area contributed by atoms with E-state index in [1.165, 1.54) is 51.6 Å². The van der Waals surface area contributed by atoms with Crippen LogP contribution in [0.15, 0.2) is 0 Å². The third-order valence-corrected chi connectivity index (χ3v) is 5.26. The van der Waals surface area contributed by atoms with Gasteiger partial charge in [0.05, 0.1) is 0 Å². The first-order chi connectivity index (χ1) is 8.11. The summed E-state index contributed by atoms with van der Waals surface area (Å²) in [4.78, 5) is 13.7. The Bertz CT molecular complexity index is 260. The molecule has 0 aromatic carbocycles. The lowest BCUT2D eigenvalue weighted by Crippen LogP contribution is -2.44. The van der Waals surface area contributed by atoms with E-state index < -0.39 is 0 Å². The summed E-state index contributed by atoms with van der Waals surface area (Å²) < 4.78 is 0. The Morgan fingerprint density at radius 1 is 1.18 bits per heavy atom. The summed E-state index contributed by atoms with van der Waals surface area (Å²) in [6.07, 6.45) is 10.7. The van der Waals surface area contributed by atoms with E-state index in [2.05, 4.69) is 18.7 Å². The second-order valence-corrected chi connectivity index (χ2v) is 6.61. The Balaban J connectivity index is 1.84. The number of carbonyl (C=O) groups excluding carboxylic acids is 1. The molecule has 0 N–H and O–H groups in total. The molecular weight excluding hydrogens is 210 g/mol. The molecule has 0 amide bonds. The van der Waals surface area contributed by atoms with Crippen LogP contribution in [0.1, 0.15) is 58.8 Å². The van der Waals surface area contributed by atoms with Crippen LogP contribution in [-0.2, 0) is 4.79 Å². The van der Waals surface area contributed by atoms with Crippen molar-refractivity contribution in [3.63, 3.8) is 0 Å². The van der Waals surface area contributed by atoms with E-state index in [9.17, 15) is 4.79 Å². The Kier molecular flexibility index (Phi) is 3.92. The number of rotatable bonds is 4.